The first-order chi connectivity index (χ1) is 10.2. The van der Waals surface area contributed by atoms with Gasteiger partial charge in [-0.2, -0.15) is 0 Å². The molecule has 0 saturated heterocycles. The average molecular weight is 289 g/mol. The summed E-state index contributed by atoms with van der Waals surface area (Å²) >= 11 is 0. The second-order valence-electron chi connectivity index (χ2n) is 4.83. The highest BCUT2D eigenvalue weighted by atomic mass is 16.2. The van der Waals surface area contributed by atoms with Gasteiger partial charge in [0.05, 0.1) is 0 Å². The normalized spacial score (nSPS) is 10.5. The maximum atomic E-state index is 11.6. The third-order valence-electron chi connectivity index (χ3n) is 3.33. The Labute approximate surface area is 123 Å². The number of rotatable bonds is 7. The van der Waals surface area contributed by atoms with E-state index in [0.717, 1.165) is 11.9 Å². The minimum atomic E-state index is -0.0819. The lowest BCUT2D eigenvalue weighted by atomic mass is 10.1. The highest BCUT2D eigenvalue weighted by Gasteiger charge is 2.07. The molecule has 0 fully saturated rings. The number of nitrogens with two attached hydrogens (primary N) is 1. The van der Waals surface area contributed by atoms with Crippen molar-refractivity contribution in [3.05, 3.63) is 36.0 Å². The maximum absolute atomic E-state index is 11.6. The van der Waals surface area contributed by atoms with E-state index in [-0.39, 0.29) is 24.9 Å². The Morgan fingerprint density at radius 2 is 1.95 bits per heavy atom. The van der Waals surface area contributed by atoms with Crippen LogP contribution in [0.1, 0.15) is 5.56 Å². The zero-order valence-electron chi connectivity index (χ0n) is 12.1. The van der Waals surface area contributed by atoms with Gasteiger partial charge in [-0.15, -0.1) is 0 Å². The van der Waals surface area contributed by atoms with Crippen LogP contribution >= 0.6 is 0 Å². The zero-order valence-corrected chi connectivity index (χ0v) is 12.1. The number of aromatic nitrogens is 1. The van der Waals surface area contributed by atoms with Gasteiger partial charge >= 0.3 is 0 Å². The van der Waals surface area contributed by atoms with Gasteiger partial charge in [0.2, 0.25) is 0 Å². The third kappa shape index (κ3) is 4.32. The van der Waals surface area contributed by atoms with Crippen molar-refractivity contribution in [2.75, 3.05) is 26.7 Å². The highest BCUT2D eigenvalue weighted by Crippen LogP contribution is 2.17. The van der Waals surface area contributed by atoms with Crippen molar-refractivity contribution >= 4 is 22.7 Å². The van der Waals surface area contributed by atoms with E-state index in [2.05, 4.69) is 21.7 Å². The number of amides is 2. The van der Waals surface area contributed by atoms with E-state index in [1.165, 1.54) is 10.9 Å². The minimum absolute atomic E-state index is 0.0567. The van der Waals surface area contributed by atoms with Gasteiger partial charge in [0.15, 0.2) is 13.1 Å². The second kappa shape index (κ2) is 7.44. The van der Waals surface area contributed by atoms with Gasteiger partial charge in [-0.05, 0) is 18.1 Å². The number of carbonyl (C=O) groups is 2. The van der Waals surface area contributed by atoms with Gasteiger partial charge in [-0.3, -0.25) is 9.59 Å². The van der Waals surface area contributed by atoms with Gasteiger partial charge in [-0.25, -0.2) is 0 Å². The molecular weight excluding hydrogens is 268 g/mol. The topological polar surface area (TPSA) is 90.6 Å². The molecule has 1 aromatic heterocycles. The fourth-order valence-corrected chi connectivity index (χ4v) is 2.18. The van der Waals surface area contributed by atoms with Crippen LogP contribution in [0.3, 0.4) is 0 Å². The molecule has 0 unspecified atom stereocenters. The van der Waals surface area contributed by atoms with Crippen molar-refractivity contribution in [1.82, 2.24) is 15.6 Å². The summed E-state index contributed by atoms with van der Waals surface area (Å²) in [6.45, 7) is 1.13. The number of hydrogen-bond donors (Lipinski definition) is 4. The molecule has 112 valence electrons. The van der Waals surface area contributed by atoms with Crippen molar-refractivity contribution in [3.63, 3.8) is 0 Å². The molecule has 1 heterocycles. The molecule has 5 N–H and O–H groups in total. The summed E-state index contributed by atoms with van der Waals surface area (Å²) in [5.41, 5.74) is 2.30. The minimum Gasteiger partial charge on any atom is -0.361 e. The Hall–Kier alpha value is -2.34. The standard InChI is InChI=1S/C15H20N4O2/c1-16-14(20)9-17-10-15(21)18-7-6-11-8-19-13-5-3-2-4-12(11)13/h2-5,8,17,19H,6-7,9-10H2,1H3,(H,16,20)(H,18,21)/p+1. The van der Waals surface area contributed by atoms with Crippen LogP contribution in [0.15, 0.2) is 30.5 Å². The van der Waals surface area contributed by atoms with Crippen LogP contribution in [0.4, 0.5) is 0 Å². The number of H-pyrrole nitrogens is 1. The number of quaternary nitrogens is 1. The van der Waals surface area contributed by atoms with Gasteiger partial charge in [0.25, 0.3) is 11.8 Å². The summed E-state index contributed by atoms with van der Waals surface area (Å²) in [6, 6.07) is 8.10. The number of aromatic amines is 1. The number of para-hydroxylation sites is 1. The van der Waals surface area contributed by atoms with Crippen molar-refractivity contribution in [2.24, 2.45) is 0 Å². The first-order valence-electron chi connectivity index (χ1n) is 7.04. The molecule has 0 saturated carbocycles. The Kier molecular flexibility index (Phi) is 5.34. The van der Waals surface area contributed by atoms with E-state index in [1.54, 1.807) is 12.4 Å². The zero-order chi connectivity index (χ0) is 15.1. The first-order valence-corrected chi connectivity index (χ1v) is 7.04. The monoisotopic (exact) mass is 289 g/mol. The summed E-state index contributed by atoms with van der Waals surface area (Å²) in [5.74, 6) is -0.139. The molecular formula is C15H21N4O2+. The van der Waals surface area contributed by atoms with Crippen LogP contribution < -0.4 is 16.0 Å². The molecule has 21 heavy (non-hydrogen) atoms. The summed E-state index contributed by atoms with van der Waals surface area (Å²) in [4.78, 5) is 25.8. The number of benzene rings is 1. The van der Waals surface area contributed by atoms with Crippen LogP contribution in [0.25, 0.3) is 10.9 Å². The first kappa shape index (κ1) is 15.1. The Bertz CT molecular complexity index is 621. The molecule has 2 rings (SSSR count). The number of carbonyl (C=O) groups excluding carboxylic acids is 2. The van der Waals surface area contributed by atoms with E-state index in [9.17, 15) is 9.59 Å². The third-order valence-corrected chi connectivity index (χ3v) is 3.33. The summed E-state index contributed by atoms with van der Waals surface area (Å²) in [7, 11) is 1.58. The molecule has 0 atom stereocenters. The quantitative estimate of drug-likeness (QED) is 0.534. The van der Waals surface area contributed by atoms with Crippen LogP contribution in [0, 0.1) is 0 Å². The maximum Gasteiger partial charge on any atom is 0.275 e. The SMILES string of the molecule is CNC(=O)C[NH2+]CC(=O)NCCc1c[nH]c2ccccc12. The molecule has 0 bridgehead atoms. The average Bonchev–Trinajstić information content (AvgIpc) is 2.90. The second-order valence-corrected chi connectivity index (χ2v) is 4.83. The Morgan fingerprint density at radius 1 is 1.19 bits per heavy atom. The van der Waals surface area contributed by atoms with E-state index in [1.807, 2.05) is 24.4 Å². The van der Waals surface area contributed by atoms with Gasteiger partial charge in [0, 0.05) is 30.7 Å². The molecule has 2 aromatic rings. The van der Waals surface area contributed by atoms with Crippen molar-refractivity contribution in [2.45, 2.75) is 6.42 Å². The molecule has 0 radical (unpaired) electrons. The smallest absolute Gasteiger partial charge is 0.275 e. The number of fused-ring (bicyclic) bond motifs is 1. The number of hydrogen-bond acceptors (Lipinski definition) is 2. The largest absolute Gasteiger partial charge is 0.361 e. The van der Waals surface area contributed by atoms with Crippen LogP contribution in [0.2, 0.25) is 0 Å². The van der Waals surface area contributed by atoms with Gasteiger partial charge < -0.3 is 20.9 Å². The lowest BCUT2D eigenvalue weighted by Gasteiger charge is -2.04. The van der Waals surface area contributed by atoms with Crippen LogP contribution in [0.5, 0.6) is 0 Å². The van der Waals surface area contributed by atoms with Crippen molar-refractivity contribution in [1.29, 1.82) is 0 Å². The molecule has 6 heteroatoms. The molecule has 0 aliphatic carbocycles. The predicted molar refractivity (Wildman–Crippen MR) is 80.7 cm³/mol. The van der Waals surface area contributed by atoms with E-state index in [4.69, 9.17) is 0 Å². The molecule has 6 nitrogen and oxygen atoms in total. The number of nitrogens with one attached hydrogen (secondary N) is 3. The summed E-state index contributed by atoms with van der Waals surface area (Å²) in [6.07, 6.45) is 2.76. The van der Waals surface area contributed by atoms with Gasteiger partial charge in [0.1, 0.15) is 0 Å². The summed E-state index contributed by atoms with van der Waals surface area (Å²) < 4.78 is 0. The molecule has 2 amide bonds. The predicted octanol–water partition coefficient (Wildman–Crippen LogP) is -0.864. The fraction of sp³-hybridized carbons (Fsp3) is 0.333. The molecule has 1 aromatic carbocycles. The lowest BCUT2D eigenvalue weighted by molar-refractivity contribution is -0.633. The highest BCUT2D eigenvalue weighted by molar-refractivity contribution is 5.83. The van der Waals surface area contributed by atoms with Crippen molar-refractivity contribution < 1.29 is 14.9 Å². The van der Waals surface area contributed by atoms with Gasteiger partial charge in [-0.1, -0.05) is 18.2 Å². The Balaban J connectivity index is 1.72. The molecule has 0 spiro atoms. The van der Waals surface area contributed by atoms with Crippen LogP contribution in [-0.4, -0.2) is 43.5 Å². The fourth-order valence-electron chi connectivity index (χ4n) is 2.18. The number of likely N-dealkylation sites (N-methyl/N-ethyl adjacent to an activating group) is 1. The van der Waals surface area contributed by atoms with E-state index in [0.29, 0.717) is 6.54 Å². The van der Waals surface area contributed by atoms with Crippen molar-refractivity contribution in [3.8, 4) is 0 Å². The Morgan fingerprint density at radius 3 is 2.76 bits per heavy atom. The summed E-state index contributed by atoms with van der Waals surface area (Å²) in [5, 5.41) is 8.25. The van der Waals surface area contributed by atoms with Crippen LogP contribution in [-0.2, 0) is 16.0 Å². The molecule has 0 aliphatic heterocycles. The van der Waals surface area contributed by atoms with E-state index >= 15 is 0 Å². The van der Waals surface area contributed by atoms with E-state index < -0.39 is 0 Å². The molecule has 0 aliphatic rings. The lowest BCUT2D eigenvalue weighted by Crippen LogP contribution is -2.88.